The molecule has 1 aromatic heterocycles. The highest BCUT2D eigenvalue weighted by molar-refractivity contribution is 9.10. The fourth-order valence-electron chi connectivity index (χ4n) is 2.15. The minimum absolute atomic E-state index is 0.430. The van der Waals surface area contributed by atoms with E-state index in [2.05, 4.69) is 45.4 Å². The second-order valence-corrected chi connectivity index (χ2v) is 6.45. The molecular weight excluding hydrogens is 340 g/mol. The Balaban J connectivity index is 2.04. The molecular formula is C15H20BrClN2O. The average Bonchev–Trinajstić information content (AvgIpc) is 2.75. The molecule has 0 radical (unpaired) electrons. The Morgan fingerprint density at radius 2 is 2.20 bits per heavy atom. The van der Waals surface area contributed by atoms with Crippen molar-refractivity contribution in [1.82, 2.24) is 9.55 Å². The lowest BCUT2D eigenvalue weighted by Crippen LogP contribution is -2.08. The van der Waals surface area contributed by atoms with Crippen molar-refractivity contribution in [1.29, 1.82) is 0 Å². The number of benzene rings is 1. The third-order valence-corrected chi connectivity index (χ3v) is 3.76. The summed E-state index contributed by atoms with van der Waals surface area (Å²) in [7, 11) is 0. The van der Waals surface area contributed by atoms with Crippen LogP contribution < -0.4 is 0 Å². The van der Waals surface area contributed by atoms with E-state index in [0.717, 1.165) is 47.5 Å². The van der Waals surface area contributed by atoms with Crippen LogP contribution in [-0.2, 0) is 17.2 Å². The first-order valence-corrected chi connectivity index (χ1v) is 8.23. The van der Waals surface area contributed by atoms with Gasteiger partial charge in [-0.15, -0.1) is 11.6 Å². The summed E-state index contributed by atoms with van der Waals surface area (Å²) in [6.07, 6.45) is 0.970. The molecule has 5 heteroatoms. The number of rotatable bonds is 7. The molecule has 0 aliphatic heterocycles. The van der Waals surface area contributed by atoms with E-state index >= 15 is 0 Å². The maximum Gasteiger partial charge on any atom is 0.124 e. The van der Waals surface area contributed by atoms with E-state index in [9.17, 15) is 0 Å². The summed E-state index contributed by atoms with van der Waals surface area (Å²) in [5.74, 6) is 1.93. The Morgan fingerprint density at radius 1 is 1.40 bits per heavy atom. The largest absolute Gasteiger partial charge is 0.381 e. The van der Waals surface area contributed by atoms with Gasteiger partial charge < -0.3 is 9.30 Å². The van der Waals surface area contributed by atoms with Crippen LogP contribution in [0.2, 0.25) is 0 Å². The van der Waals surface area contributed by atoms with Crippen LogP contribution in [0.4, 0.5) is 0 Å². The summed E-state index contributed by atoms with van der Waals surface area (Å²) in [6, 6.07) is 6.14. The summed E-state index contributed by atoms with van der Waals surface area (Å²) >= 11 is 9.47. The van der Waals surface area contributed by atoms with E-state index in [4.69, 9.17) is 16.3 Å². The number of aryl methyl sites for hydroxylation is 1. The third kappa shape index (κ3) is 3.96. The van der Waals surface area contributed by atoms with E-state index < -0.39 is 0 Å². The molecule has 1 heterocycles. The maximum atomic E-state index is 6.00. The summed E-state index contributed by atoms with van der Waals surface area (Å²) in [4.78, 5) is 4.58. The van der Waals surface area contributed by atoms with Crippen molar-refractivity contribution in [2.45, 2.75) is 32.7 Å². The quantitative estimate of drug-likeness (QED) is 0.533. The number of alkyl halides is 1. The molecule has 3 nitrogen and oxygen atoms in total. The van der Waals surface area contributed by atoms with Crippen LogP contribution in [0.1, 0.15) is 26.1 Å². The first-order valence-electron chi connectivity index (χ1n) is 6.90. The highest BCUT2D eigenvalue weighted by Gasteiger charge is 2.09. The average molecular weight is 360 g/mol. The molecule has 0 fully saturated rings. The van der Waals surface area contributed by atoms with Crippen LogP contribution in [0.3, 0.4) is 0 Å². The highest BCUT2D eigenvalue weighted by Crippen LogP contribution is 2.22. The molecule has 0 amide bonds. The van der Waals surface area contributed by atoms with Gasteiger partial charge in [0.1, 0.15) is 5.82 Å². The summed E-state index contributed by atoms with van der Waals surface area (Å²) in [5, 5.41) is 0. The third-order valence-electron chi connectivity index (χ3n) is 3.03. The molecule has 2 rings (SSSR count). The molecule has 0 spiro atoms. The normalized spacial score (nSPS) is 11.7. The molecule has 0 aliphatic rings. The molecule has 0 bridgehead atoms. The van der Waals surface area contributed by atoms with Crippen LogP contribution in [0.15, 0.2) is 22.7 Å². The Labute approximate surface area is 133 Å². The molecule has 0 unspecified atom stereocenters. The van der Waals surface area contributed by atoms with Crippen molar-refractivity contribution >= 4 is 38.6 Å². The number of imidazole rings is 1. The SMILES string of the molecule is CC(C)COCCCn1c(CCl)nc2cc(Br)ccc21. The first-order chi connectivity index (χ1) is 9.61. The van der Waals surface area contributed by atoms with Gasteiger partial charge in [-0.25, -0.2) is 4.98 Å². The van der Waals surface area contributed by atoms with Crippen LogP contribution >= 0.6 is 27.5 Å². The minimum Gasteiger partial charge on any atom is -0.381 e. The molecule has 1 aromatic carbocycles. The van der Waals surface area contributed by atoms with E-state index in [1.165, 1.54) is 0 Å². The number of halogens is 2. The predicted octanol–water partition coefficient (Wildman–Crippen LogP) is 4.60. The monoisotopic (exact) mass is 358 g/mol. The van der Waals surface area contributed by atoms with Crippen LogP contribution in [0, 0.1) is 5.92 Å². The number of aromatic nitrogens is 2. The van der Waals surface area contributed by atoms with Crippen molar-refractivity contribution in [2.24, 2.45) is 5.92 Å². The highest BCUT2D eigenvalue weighted by atomic mass is 79.9. The van der Waals surface area contributed by atoms with Gasteiger partial charge in [-0.2, -0.15) is 0 Å². The lowest BCUT2D eigenvalue weighted by molar-refractivity contribution is 0.105. The number of nitrogens with zero attached hydrogens (tertiary/aromatic N) is 2. The molecule has 20 heavy (non-hydrogen) atoms. The fraction of sp³-hybridized carbons (Fsp3) is 0.533. The van der Waals surface area contributed by atoms with Crippen molar-refractivity contribution < 1.29 is 4.74 Å². The Hall–Kier alpha value is -0.580. The summed E-state index contributed by atoms with van der Waals surface area (Å²) < 4.78 is 8.85. The zero-order valence-corrected chi connectivity index (χ0v) is 14.2. The zero-order chi connectivity index (χ0) is 14.5. The Morgan fingerprint density at radius 3 is 2.90 bits per heavy atom. The van der Waals surface area contributed by atoms with Gasteiger partial charge in [0.2, 0.25) is 0 Å². The molecule has 0 N–H and O–H groups in total. The smallest absolute Gasteiger partial charge is 0.124 e. The number of fused-ring (bicyclic) bond motifs is 1. The molecule has 110 valence electrons. The van der Waals surface area contributed by atoms with Crippen molar-refractivity contribution in [2.75, 3.05) is 13.2 Å². The Bertz CT molecular complexity index is 568. The van der Waals surface area contributed by atoms with E-state index in [-0.39, 0.29) is 0 Å². The number of ether oxygens (including phenoxy) is 1. The van der Waals surface area contributed by atoms with Crippen molar-refractivity contribution in [3.63, 3.8) is 0 Å². The summed E-state index contributed by atoms with van der Waals surface area (Å²) in [5.41, 5.74) is 2.12. The van der Waals surface area contributed by atoms with E-state index in [1.54, 1.807) is 0 Å². The lowest BCUT2D eigenvalue weighted by Gasteiger charge is -2.09. The molecule has 0 saturated carbocycles. The van der Waals surface area contributed by atoms with Gasteiger partial charge in [-0.1, -0.05) is 29.8 Å². The minimum atomic E-state index is 0.430. The van der Waals surface area contributed by atoms with Crippen molar-refractivity contribution in [3.05, 3.63) is 28.5 Å². The zero-order valence-electron chi connectivity index (χ0n) is 11.9. The Kier molecular flexibility index (Phi) is 5.87. The maximum absolute atomic E-state index is 6.00. The topological polar surface area (TPSA) is 27.1 Å². The second-order valence-electron chi connectivity index (χ2n) is 5.27. The fourth-order valence-corrected chi connectivity index (χ4v) is 2.70. The standard InChI is InChI=1S/C15H20BrClN2O/c1-11(2)10-20-7-3-6-19-14-5-4-12(16)8-13(14)18-15(19)9-17/h4-5,8,11H,3,6-7,9-10H2,1-2H3. The van der Waals surface area contributed by atoms with Gasteiger partial charge in [0.25, 0.3) is 0 Å². The van der Waals surface area contributed by atoms with E-state index in [1.807, 2.05) is 12.1 Å². The van der Waals surface area contributed by atoms with Crippen molar-refractivity contribution in [3.8, 4) is 0 Å². The van der Waals surface area contributed by atoms with Crippen LogP contribution in [-0.4, -0.2) is 22.8 Å². The van der Waals surface area contributed by atoms with Crippen LogP contribution in [0.25, 0.3) is 11.0 Å². The van der Waals surface area contributed by atoms with Gasteiger partial charge >= 0.3 is 0 Å². The van der Waals surface area contributed by atoms with Gasteiger partial charge in [-0.05, 0) is 30.5 Å². The molecule has 0 aliphatic carbocycles. The van der Waals surface area contributed by atoms with Crippen LogP contribution in [0.5, 0.6) is 0 Å². The van der Waals surface area contributed by atoms with E-state index in [0.29, 0.717) is 11.8 Å². The second kappa shape index (κ2) is 7.43. The van der Waals surface area contributed by atoms with Gasteiger partial charge in [0.05, 0.1) is 16.9 Å². The molecule has 2 aromatic rings. The number of hydrogen-bond acceptors (Lipinski definition) is 2. The first kappa shape index (κ1) is 15.8. The predicted molar refractivity (Wildman–Crippen MR) is 87.3 cm³/mol. The summed E-state index contributed by atoms with van der Waals surface area (Å²) in [6.45, 7) is 6.80. The molecule has 0 saturated heterocycles. The lowest BCUT2D eigenvalue weighted by atomic mass is 10.2. The number of hydrogen-bond donors (Lipinski definition) is 0. The molecule has 0 atom stereocenters. The van der Waals surface area contributed by atoms with Gasteiger partial charge in [-0.3, -0.25) is 0 Å². The van der Waals surface area contributed by atoms with Gasteiger partial charge in [0, 0.05) is 24.2 Å². The van der Waals surface area contributed by atoms with Gasteiger partial charge in [0.15, 0.2) is 0 Å².